The van der Waals surface area contributed by atoms with Crippen molar-refractivity contribution in [1.82, 2.24) is 5.32 Å². The molecule has 1 unspecified atom stereocenters. The van der Waals surface area contributed by atoms with E-state index in [2.05, 4.69) is 5.32 Å². The number of nitrogens with one attached hydrogen (secondary N) is 1. The minimum atomic E-state index is -0.507. The second kappa shape index (κ2) is 5.82. The van der Waals surface area contributed by atoms with Crippen molar-refractivity contribution in [3.63, 3.8) is 0 Å². The van der Waals surface area contributed by atoms with Crippen molar-refractivity contribution in [2.24, 2.45) is 5.92 Å². The van der Waals surface area contributed by atoms with E-state index in [0.717, 1.165) is 19.4 Å². The Bertz CT molecular complexity index is 431. The Hall–Kier alpha value is -1.62. The van der Waals surface area contributed by atoms with E-state index in [1.54, 1.807) is 0 Å². The molecule has 0 aliphatic carbocycles. The van der Waals surface area contributed by atoms with Crippen molar-refractivity contribution >= 4 is 11.6 Å². The minimum absolute atomic E-state index is 0.0105. The van der Waals surface area contributed by atoms with Gasteiger partial charge in [0.05, 0.1) is 12.3 Å². The van der Waals surface area contributed by atoms with Crippen molar-refractivity contribution in [1.29, 1.82) is 0 Å². The van der Waals surface area contributed by atoms with Crippen molar-refractivity contribution in [2.45, 2.75) is 12.8 Å². The maximum Gasteiger partial charge on any atom is 0.251 e. The number of hydrogen-bond donors (Lipinski definition) is 2. The van der Waals surface area contributed by atoms with Crippen molar-refractivity contribution in [3.05, 3.63) is 29.6 Å². The predicted octanol–water partition coefficient (Wildman–Crippen LogP) is 1.56. The molecule has 1 aromatic rings. The van der Waals surface area contributed by atoms with Crippen LogP contribution in [0.2, 0.25) is 0 Å². The number of nitrogen functional groups attached to an aromatic ring is 1. The van der Waals surface area contributed by atoms with Gasteiger partial charge in [-0.2, -0.15) is 0 Å². The lowest BCUT2D eigenvalue weighted by atomic mass is 10.0. The quantitative estimate of drug-likeness (QED) is 0.802. The lowest BCUT2D eigenvalue weighted by molar-refractivity contribution is 0.0536. The van der Waals surface area contributed by atoms with Gasteiger partial charge in [0.1, 0.15) is 5.82 Å². The summed E-state index contributed by atoms with van der Waals surface area (Å²) in [6.45, 7) is 2.07. The van der Waals surface area contributed by atoms with Gasteiger partial charge in [-0.15, -0.1) is 0 Å². The van der Waals surface area contributed by atoms with Gasteiger partial charge in [-0.3, -0.25) is 4.79 Å². The zero-order valence-electron chi connectivity index (χ0n) is 10.1. The normalized spacial score (nSPS) is 19.5. The van der Waals surface area contributed by atoms with Crippen LogP contribution in [0.4, 0.5) is 10.1 Å². The molecule has 98 valence electrons. The second-order valence-corrected chi connectivity index (χ2v) is 4.53. The molecule has 0 spiro atoms. The van der Waals surface area contributed by atoms with Crippen LogP contribution in [-0.4, -0.2) is 25.7 Å². The van der Waals surface area contributed by atoms with E-state index < -0.39 is 5.82 Å². The molecule has 3 N–H and O–H groups in total. The Morgan fingerprint density at radius 1 is 1.56 bits per heavy atom. The molecular weight excluding hydrogens is 235 g/mol. The number of ether oxygens (including phenoxy) is 1. The topological polar surface area (TPSA) is 64.4 Å². The van der Waals surface area contributed by atoms with Crippen LogP contribution < -0.4 is 11.1 Å². The number of rotatable bonds is 3. The summed E-state index contributed by atoms with van der Waals surface area (Å²) in [6.07, 6.45) is 2.09. The SMILES string of the molecule is Nc1cc(C(=O)NCC2CCCOC2)ccc1F. The van der Waals surface area contributed by atoms with Gasteiger partial charge in [0.15, 0.2) is 0 Å². The van der Waals surface area contributed by atoms with E-state index in [1.165, 1.54) is 18.2 Å². The molecule has 1 fully saturated rings. The average molecular weight is 252 g/mol. The summed E-state index contributed by atoms with van der Waals surface area (Å²) in [4.78, 5) is 11.8. The molecule has 1 amide bonds. The first-order chi connectivity index (χ1) is 8.66. The maximum atomic E-state index is 13.0. The van der Waals surface area contributed by atoms with Gasteiger partial charge in [-0.25, -0.2) is 4.39 Å². The highest BCUT2D eigenvalue weighted by Gasteiger charge is 2.15. The van der Waals surface area contributed by atoms with Gasteiger partial charge in [-0.1, -0.05) is 0 Å². The molecule has 18 heavy (non-hydrogen) atoms. The van der Waals surface area contributed by atoms with Crippen molar-refractivity contribution in [2.75, 3.05) is 25.5 Å². The fraction of sp³-hybridized carbons (Fsp3) is 0.462. The Balaban J connectivity index is 1.88. The number of halogens is 1. The second-order valence-electron chi connectivity index (χ2n) is 4.53. The molecule has 1 atom stereocenters. The molecule has 2 rings (SSSR count). The van der Waals surface area contributed by atoms with Crippen LogP contribution >= 0.6 is 0 Å². The van der Waals surface area contributed by atoms with Crippen LogP contribution in [0, 0.1) is 11.7 Å². The number of carbonyl (C=O) groups excluding carboxylic acids is 1. The predicted molar refractivity (Wildman–Crippen MR) is 66.7 cm³/mol. The van der Waals surface area contributed by atoms with Crippen LogP contribution in [-0.2, 0) is 4.74 Å². The molecule has 0 bridgehead atoms. The molecule has 1 heterocycles. The summed E-state index contributed by atoms with van der Waals surface area (Å²) in [6, 6.07) is 3.98. The third kappa shape index (κ3) is 3.20. The van der Waals surface area contributed by atoms with Crippen LogP contribution in [0.3, 0.4) is 0 Å². The molecule has 1 aliphatic rings. The summed E-state index contributed by atoms with van der Waals surface area (Å²) >= 11 is 0. The van der Waals surface area contributed by atoms with Gasteiger partial charge in [0, 0.05) is 18.7 Å². The maximum absolute atomic E-state index is 13.0. The van der Waals surface area contributed by atoms with E-state index in [1.807, 2.05) is 0 Å². The van der Waals surface area contributed by atoms with Gasteiger partial charge in [-0.05, 0) is 37.0 Å². The first-order valence-corrected chi connectivity index (χ1v) is 6.08. The van der Waals surface area contributed by atoms with Crippen LogP contribution in [0.1, 0.15) is 23.2 Å². The lowest BCUT2D eigenvalue weighted by Gasteiger charge is -2.22. The fourth-order valence-corrected chi connectivity index (χ4v) is 1.99. The monoisotopic (exact) mass is 252 g/mol. The third-order valence-electron chi connectivity index (χ3n) is 3.06. The van der Waals surface area contributed by atoms with Crippen LogP contribution in [0.5, 0.6) is 0 Å². The summed E-state index contributed by atoms with van der Waals surface area (Å²) in [5.74, 6) is -0.375. The highest BCUT2D eigenvalue weighted by Crippen LogP contribution is 2.14. The molecule has 1 aliphatic heterocycles. The molecule has 0 radical (unpaired) electrons. The lowest BCUT2D eigenvalue weighted by Crippen LogP contribution is -2.33. The van der Waals surface area contributed by atoms with E-state index in [-0.39, 0.29) is 11.6 Å². The molecule has 4 nitrogen and oxygen atoms in total. The summed E-state index contributed by atoms with van der Waals surface area (Å²) in [5.41, 5.74) is 5.79. The minimum Gasteiger partial charge on any atom is -0.396 e. The Morgan fingerprint density at radius 3 is 3.06 bits per heavy atom. The van der Waals surface area contributed by atoms with E-state index in [9.17, 15) is 9.18 Å². The Kier molecular flexibility index (Phi) is 4.15. The highest BCUT2D eigenvalue weighted by atomic mass is 19.1. The zero-order chi connectivity index (χ0) is 13.0. The molecule has 1 saturated heterocycles. The number of anilines is 1. The highest BCUT2D eigenvalue weighted by molar-refractivity contribution is 5.95. The first kappa shape index (κ1) is 12.8. The molecule has 0 saturated carbocycles. The fourth-order valence-electron chi connectivity index (χ4n) is 1.99. The van der Waals surface area contributed by atoms with Crippen molar-refractivity contribution in [3.8, 4) is 0 Å². The Labute approximate surface area is 105 Å². The van der Waals surface area contributed by atoms with Gasteiger partial charge in [0.2, 0.25) is 0 Å². The summed E-state index contributed by atoms with van der Waals surface area (Å²) in [7, 11) is 0. The van der Waals surface area contributed by atoms with E-state index in [0.29, 0.717) is 24.6 Å². The molecule has 5 heteroatoms. The van der Waals surface area contributed by atoms with E-state index in [4.69, 9.17) is 10.5 Å². The standard InChI is InChI=1S/C13H17FN2O2/c14-11-4-3-10(6-12(11)15)13(17)16-7-9-2-1-5-18-8-9/h3-4,6,9H,1-2,5,7-8,15H2,(H,16,17). The molecule has 1 aromatic carbocycles. The largest absolute Gasteiger partial charge is 0.396 e. The average Bonchev–Trinajstić information content (AvgIpc) is 2.40. The summed E-state index contributed by atoms with van der Waals surface area (Å²) < 4.78 is 18.3. The third-order valence-corrected chi connectivity index (χ3v) is 3.06. The van der Waals surface area contributed by atoms with E-state index >= 15 is 0 Å². The van der Waals surface area contributed by atoms with Crippen LogP contribution in [0.15, 0.2) is 18.2 Å². The summed E-state index contributed by atoms with van der Waals surface area (Å²) in [5, 5.41) is 2.82. The zero-order valence-corrected chi connectivity index (χ0v) is 10.1. The van der Waals surface area contributed by atoms with Crippen LogP contribution in [0.25, 0.3) is 0 Å². The van der Waals surface area contributed by atoms with Crippen molar-refractivity contribution < 1.29 is 13.9 Å². The Morgan fingerprint density at radius 2 is 2.39 bits per heavy atom. The van der Waals surface area contributed by atoms with Gasteiger partial charge in [0.25, 0.3) is 5.91 Å². The number of hydrogen-bond acceptors (Lipinski definition) is 3. The molecule has 0 aromatic heterocycles. The first-order valence-electron chi connectivity index (χ1n) is 6.08. The smallest absolute Gasteiger partial charge is 0.251 e. The van der Waals surface area contributed by atoms with Gasteiger partial charge >= 0.3 is 0 Å². The number of amides is 1. The number of nitrogens with two attached hydrogens (primary N) is 1. The number of benzene rings is 1. The molecular formula is C13H17FN2O2. The van der Waals surface area contributed by atoms with Gasteiger partial charge < -0.3 is 15.8 Å². The number of carbonyl (C=O) groups is 1.